The van der Waals surface area contributed by atoms with Crippen LogP contribution in [-0.4, -0.2) is 0 Å². The van der Waals surface area contributed by atoms with Crippen LogP contribution in [0.15, 0.2) is 11.9 Å². The second-order valence-corrected chi connectivity index (χ2v) is 1.10. The van der Waals surface area contributed by atoms with Gasteiger partial charge in [0.2, 0.25) is 0 Å². The van der Waals surface area contributed by atoms with Gasteiger partial charge in [0, 0.05) is 0 Å². The number of rotatable bonds is 1. The summed E-state index contributed by atoms with van der Waals surface area (Å²) in [4.78, 5) is 0. The molecule has 38 valence electrons. The lowest BCUT2D eigenvalue weighted by Crippen LogP contribution is -1.60. The lowest BCUT2D eigenvalue weighted by atomic mass is 10.4. The summed E-state index contributed by atoms with van der Waals surface area (Å²) in [5.41, 5.74) is 0. The Morgan fingerprint density at radius 3 is 2.71 bits per heavy atom. The third kappa shape index (κ3) is 3.05. The Balaban J connectivity index is 3.57. The van der Waals surface area contributed by atoms with E-state index in [4.69, 9.17) is 0 Å². The van der Waals surface area contributed by atoms with Crippen molar-refractivity contribution in [3.63, 3.8) is 0 Å². The Hall–Kier alpha value is -0.770. The predicted octanol–water partition coefficient (Wildman–Crippen LogP) is 1.88. The Labute approximate surface area is 43.0 Å². The topological polar surface area (TPSA) is 0 Å². The van der Waals surface area contributed by atoms with Gasteiger partial charge < -0.3 is 0 Å². The summed E-state index contributed by atoms with van der Waals surface area (Å²) >= 11 is 0. The van der Waals surface area contributed by atoms with Crippen LogP contribution in [0.4, 0.5) is 4.39 Å². The van der Waals surface area contributed by atoms with Gasteiger partial charge >= 0.3 is 0 Å². The van der Waals surface area contributed by atoms with Crippen molar-refractivity contribution >= 4 is 0 Å². The van der Waals surface area contributed by atoms with Gasteiger partial charge in [0.25, 0.3) is 0 Å². The molecule has 0 N–H and O–H groups in total. The number of allylic oxidation sites excluding steroid dienone is 2. The minimum absolute atomic E-state index is 0.470. The van der Waals surface area contributed by atoms with Crippen LogP contribution in [0.5, 0.6) is 0 Å². The molecule has 0 unspecified atom stereocenters. The Bertz CT molecular complexity index is 106. The Morgan fingerprint density at radius 2 is 2.57 bits per heavy atom. The molecule has 0 saturated heterocycles. The van der Waals surface area contributed by atoms with Gasteiger partial charge in [0.05, 0.1) is 0 Å². The molecule has 0 aromatic rings. The average Bonchev–Trinajstić information content (AvgIpc) is 1.68. The number of halogens is 1. The van der Waals surface area contributed by atoms with Gasteiger partial charge in [-0.25, -0.2) is 0 Å². The molecule has 0 bridgehead atoms. The molecule has 7 heavy (non-hydrogen) atoms. The zero-order chi connectivity index (χ0) is 5.70. The molecule has 0 amide bonds. The van der Waals surface area contributed by atoms with Crippen LogP contribution in [0, 0.1) is 12.3 Å². The SMILES string of the molecule is C#CC(F)=CCC. The maximum absolute atomic E-state index is 11.8. The molecule has 0 aliphatic rings. The minimum Gasteiger partial charge on any atom is -0.197 e. The molecule has 0 heterocycles. The second kappa shape index (κ2) is 3.42. The number of hydrogen-bond donors (Lipinski definition) is 0. The smallest absolute Gasteiger partial charge is 0.168 e. The van der Waals surface area contributed by atoms with E-state index in [2.05, 4.69) is 6.42 Å². The maximum atomic E-state index is 11.8. The van der Waals surface area contributed by atoms with E-state index in [0.717, 1.165) is 0 Å². The van der Waals surface area contributed by atoms with Gasteiger partial charge in [0.15, 0.2) is 5.83 Å². The summed E-state index contributed by atoms with van der Waals surface area (Å²) in [5, 5.41) is 0. The van der Waals surface area contributed by atoms with Crippen molar-refractivity contribution in [1.82, 2.24) is 0 Å². The summed E-state index contributed by atoms with van der Waals surface area (Å²) < 4.78 is 11.8. The first-order valence-electron chi connectivity index (χ1n) is 2.13. The molecule has 0 nitrogen and oxygen atoms in total. The maximum Gasteiger partial charge on any atom is 0.168 e. The normalized spacial score (nSPS) is 10.7. The lowest BCUT2D eigenvalue weighted by molar-refractivity contribution is 0.670. The van der Waals surface area contributed by atoms with Gasteiger partial charge in [-0.3, -0.25) is 0 Å². The van der Waals surface area contributed by atoms with E-state index >= 15 is 0 Å². The molecule has 0 saturated carbocycles. The molecule has 0 aliphatic carbocycles. The summed E-state index contributed by atoms with van der Waals surface area (Å²) in [7, 11) is 0. The molecule has 0 aromatic heterocycles. The predicted molar refractivity (Wildman–Crippen MR) is 28.3 cm³/mol. The van der Waals surface area contributed by atoms with Crippen LogP contribution >= 0.6 is 0 Å². The van der Waals surface area contributed by atoms with Crippen molar-refractivity contribution in [3.05, 3.63) is 11.9 Å². The van der Waals surface area contributed by atoms with Crippen LogP contribution in [0.1, 0.15) is 13.3 Å². The van der Waals surface area contributed by atoms with Gasteiger partial charge in [-0.05, 0) is 18.4 Å². The summed E-state index contributed by atoms with van der Waals surface area (Å²) in [6.07, 6.45) is 6.69. The van der Waals surface area contributed by atoms with Crippen molar-refractivity contribution in [2.24, 2.45) is 0 Å². The first kappa shape index (κ1) is 6.23. The largest absolute Gasteiger partial charge is 0.197 e. The molecule has 0 aliphatic heterocycles. The number of hydrogen-bond acceptors (Lipinski definition) is 0. The van der Waals surface area contributed by atoms with E-state index in [1.165, 1.54) is 6.08 Å². The Kier molecular flexibility index (Phi) is 3.04. The van der Waals surface area contributed by atoms with Crippen molar-refractivity contribution in [3.8, 4) is 12.3 Å². The molecule has 0 fully saturated rings. The minimum atomic E-state index is -0.470. The van der Waals surface area contributed by atoms with Gasteiger partial charge in [0.1, 0.15) is 0 Å². The van der Waals surface area contributed by atoms with Gasteiger partial charge in [-0.1, -0.05) is 6.92 Å². The molecular formula is C6H7F. The fourth-order valence-electron chi connectivity index (χ4n) is 0.238. The highest BCUT2D eigenvalue weighted by molar-refractivity contribution is 5.16. The third-order valence-electron chi connectivity index (χ3n) is 0.521. The molecule has 0 spiro atoms. The highest BCUT2D eigenvalue weighted by Gasteiger charge is 1.78. The third-order valence-corrected chi connectivity index (χ3v) is 0.521. The lowest BCUT2D eigenvalue weighted by Gasteiger charge is -1.75. The molecule has 0 atom stereocenters. The zero-order valence-corrected chi connectivity index (χ0v) is 4.24. The fraction of sp³-hybridized carbons (Fsp3) is 0.333. The van der Waals surface area contributed by atoms with E-state index in [1.54, 1.807) is 0 Å². The van der Waals surface area contributed by atoms with E-state index in [1.807, 2.05) is 12.8 Å². The van der Waals surface area contributed by atoms with Crippen LogP contribution in [0.3, 0.4) is 0 Å². The second-order valence-electron chi connectivity index (χ2n) is 1.10. The summed E-state index contributed by atoms with van der Waals surface area (Å²) in [6.45, 7) is 1.83. The van der Waals surface area contributed by atoms with Crippen LogP contribution in [-0.2, 0) is 0 Å². The summed E-state index contributed by atoms with van der Waals surface area (Å²) in [5.74, 6) is 1.39. The van der Waals surface area contributed by atoms with Crippen molar-refractivity contribution in [1.29, 1.82) is 0 Å². The molecule has 0 rings (SSSR count). The standard InChI is InChI=1S/C6H7F/c1-3-5-6(7)4-2/h2,5H,3H2,1H3. The van der Waals surface area contributed by atoms with Crippen molar-refractivity contribution in [2.45, 2.75) is 13.3 Å². The highest BCUT2D eigenvalue weighted by atomic mass is 19.1. The van der Waals surface area contributed by atoms with E-state index in [0.29, 0.717) is 6.42 Å². The average molecular weight is 98.1 g/mol. The van der Waals surface area contributed by atoms with Crippen molar-refractivity contribution < 1.29 is 4.39 Å². The molecule has 0 aromatic carbocycles. The highest BCUT2D eigenvalue weighted by Crippen LogP contribution is 1.93. The molecule has 0 radical (unpaired) electrons. The van der Waals surface area contributed by atoms with E-state index in [9.17, 15) is 4.39 Å². The van der Waals surface area contributed by atoms with E-state index < -0.39 is 5.83 Å². The van der Waals surface area contributed by atoms with Crippen LogP contribution in [0.25, 0.3) is 0 Å². The monoisotopic (exact) mass is 98.1 g/mol. The quantitative estimate of drug-likeness (QED) is 0.439. The van der Waals surface area contributed by atoms with Crippen LogP contribution in [0.2, 0.25) is 0 Å². The molecule has 1 heteroatoms. The van der Waals surface area contributed by atoms with Crippen molar-refractivity contribution in [2.75, 3.05) is 0 Å². The van der Waals surface area contributed by atoms with Crippen LogP contribution < -0.4 is 0 Å². The van der Waals surface area contributed by atoms with E-state index in [-0.39, 0.29) is 0 Å². The van der Waals surface area contributed by atoms with Gasteiger partial charge in [-0.2, -0.15) is 4.39 Å². The first-order valence-corrected chi connectivity index (χ1v) is 2.13. The van der Waals surface area contributed by atoms with Gasteiger partial charge in [-0.15, -0.1) is 6.42 Å². The zero-order valence-electron chi connectivity index (χ0n) is 4.24. The first-order chi connectivity index (χ1) is 3.31. The fourth-order valence-corrected chi connectivity index (χ4v) is 0.238. The Morgan fingerprint density at radius 1 is 2.00 bits per heavy atom. The number of terminal acetylenes is 1. The molecular weight excluding hydrogens is 91.1 g/mol. The summed E-state index contributed by atoms with van der Waals surface area (Å²) in [6, 6.07) is 0.